The van der Waals surface area contributed by atoms with Crippen molar-refractivity contribution in [2.75, 3.05) is 13.2 Å². The summed E-state index contributed by atoms with van der Waals surface area (Å²) in [4.78, 5) is 14.9. The fourth-order valence-corrected chi connectivity index (χ4v) is 2.68. The Morgan fingerprint density at radius 2 is 2.25 bits per heavy atom. The molecule has 0 radical (unpaired) electrons. The molecule has 1 aliphatic rings. The molecule has 4 heteroatoms. The summed E-state index contributed by atoms with van der Waals surface area (Å²) in [5, 5.41) is 4.41. The minimum absolute atomic E-state index is 0.00619. The van der Waals surface area contributed by atoms with E-state index in [1.807, 2.05) is 30.3 Å². The molecule has 1 atom stereocenters. The van der Waals surface area contributed by atoms with Gasteiger partial charge in [-0.1, -0.05) is 18.2 Å². The summed E-state index contributed by atoms with van der Waals surface area (Å²) in [6, 6.07) is 9.81. The Hall–Kier alpha value is -1.65. The normalized spacial score (nSPS) is 18.7. The van der Waals surface area contributed by atoms with E-state index in [2.05, 4.69) is 10.3 Å². The third-order valence-electron chi connectivity index (χ3n) is 3.81. The molecule has 2 heterocycles. The summed E-state index contributed by atoms with van der Waals surface area (Å²) in [5.41, 5.74) is 1.67. The molecule has 20 heavy (non-hydrogen) atoms. The van der Waals surface area contributed by atoms with Crippen LogP contribution in [0.1, 0.15) is 24.8 Å². The van der Waals surface area contributed by atoms with Crippen LogP contribution in [0.4, 0.5) is 0 Å². The van der Waals surface area contributed by atoms with Crippen LogP contribution in [0.15, 0.2) is 35.1 Å². The van der Waals surface area contributed by atoms with E-state index in [0.29, 0.717) is 12.6 Å². The highest BCUT2D eigenvalue weighted by atomic mass is 16.5. The maximum absolute atomic E-state index is 12.0. The van der Waals surface area contributed by atoms with Crippen molar-refractivity contribution in [3.05, 3.63) is 46.2 Å². The van der Waals surface area contributed by atoms with Gasteiger partial charge in [0.2, 0.25) is 0 Å². The molecule has 1 saturated heterocycles. The number of aromatic nitrogens is 1. The average molecular weight is 272 g/mol. The molecule has 0 bridgehead atoms. The van der Waals surface area contributed by atoms with Crippen molar-refractivity contribution >= 4 is 10.9 Å². The lowest BCUT2D eigenvalue weighted by Crippen LogP contribution is -2.24. The number of ether oxygens (including phenoxy) is 1. The topological polar surface area (TPSA) is 54.1 Å². The molecule has 2 aromatic rings. The number of aromatic amines is 1. The van der Waals surface area contributed by atoms with Crippen LogP contribution in [0.2, 0.25) is 0 Å². The number of hydrogen-bond acceptors (Lipinski definition) is 3. The average Bonchev–Trinajstić information content (AvgIpc) is 2.97. The minimum Gasteiger partial charge on any atom is -0.378 e. The van der Waals surface area contributed by atoms with Crippen molar-refractivity contribution in [1.29, 1.82) is 0 Å². The Morgan fingerprint density at radius 3 is 3.10 bits per heavy atom. The molecule has 1 aromatic heterocycles. The third-order valence-corrected chi connectivity index (χ3v) is 3.81. The van der Waals surface area contributed by atoms with Gasteiger partial charge in [0, 0.05) is 24.2 Å². The predicted molar refractivity (Wildman–Crippen MR) is 79.9 cm³/mol. The molecule has 1 fully saturated rings. The molecule has 0 spiro atoms. The maximum Gasteiger partial charge on any atom is 0.252 e. The Bertz CT molecular complexity index is 630. The molecule has 1 unspecified atom stereocenters. The quantitative estimate of drug-likeness (QED) is 0.820. The molecule has 3 rings (SSSR count). The van der Waals surface area contributed by atoms with Gasteiger partial charge in [-0.05, 0) is 43.3 Å². The number of benzene rings is 1. The zero-order chi connectivity index (χ0) is 13.8. The third kappa shape index (κ3) is 3.08. The van der Waals surface area contributed by atoms with Crippen molar-refractivity contribution in [2.45, 2.75) is 31.9 Å². The number of rotatable bonds is 5. The first-order valence-corrected chi connectivity index (χ1v) is 7.26. The van der Waals surface area contributed by atoms with Crippen LogP contribution >= 0.6 is 0 Å². The molecule has 0 aliphatic carbocycles. The van der Waals surface area contributed by atoms with Crippen LogP contribution in [-0.2, 0) is 11.3 Å². The van der Waals surface area contributed by atoms with Crippen molar-refractivity contribution in [3.8, 4) is 0 Å². The second-order valence-electron chi connectivity index (χ2n) is 5.31. The van der Waals surface area contributed by atoms with E-state index in [-0.39, 0.29) is 5.56 Å². The van der Waals surface area contributed by atoms with Crippen molar-refractivity contribution in [2.24, 2.45) is 0 Å². The molecule has 1 aliphatic heterocycles. The number of hydrogen-bond donors (Lipinski definition) is 2. The van der Waals surface area contributed by atoms with Crippen LogP contribution in [-0.4, -0.2) is 24.2 Å². The van der Waals surface area contributed by atoms with E-state index < -0.39 is 0 Å². The second kappa shape index (κ2) is 6.20. The van der Waals surface area contributed by atoms with Gasteiger partial charge in [-0.2, -0.15) is 0 Å². The Morgan fingerprint density at radius 1 is 1.35 bits per heavy atom. The second-order valence-corrected chi connectivity index (χ2v) is 5.31. The highest BCUT2D eigenvalue weighted by Gasteiger charge is 2.14. The van der Waals surface area contributed by atoms with Gasteiger partial charge < -0.3 is 15.0 Å². The molecule has 1 aromatic carbocycles. The standard InChI is InChI=1S/C16H20N2O2/c19-16-13(10-12-4-1-2-6-15(12)18-16)11-17-8-7-14-5-3-9-20-14/h1-2,4,6,10,14,17H,3,5,7-9,11H2,(H,18,19). The van der Waals surface area contributed by atoms with E-state index in [4.69, 9.17) is 4.74 Å². The fraction of sp³-hybridized carbons (Fsp3) is 0.438. The van der Waals surface area contributed by atoms with Gasteiger partial charge in [-0.3, -0.25) is 4.79 Å². The first kappa shape index (κ1) is 13.3. The lowest BCUT2D eigenvalue weighted by molar-refractivity contribution is 0.104. The lowest BCUT2D eigenvalue weighted by atomic mass is 10.1. The van der Waals surface area contributed by atoms with Gasteiger partial charge in [-0.15, -0.1) is 0 Å². The predicted octanol–water partition coefficient (Wildman–Crippen LogP) is 2.19. The van der Waals surface area contributed by atoms with Crippen molar-refractivity contribution < 1.29 is 4.74 Å². The summed E-state index contributed by atoms with van der Waals surface area (Å²) in [6.45, 7) is 2.39. The minimum atomic E-state index is -0.00619. The molecule has 0 saturated carbocycles. The largest absolute Gasteiger partial charge is 0.378 e. The Labute approximate surface area is 118 Å². The highest BCUT2D eigenvalue weighted by molar-refractivity contribution is 5.78. The van der Waals surface area contributed by atoms with Gasteiger partial charge in [0.15, 0.2) is 0 Å². The SMILES string of the molecule is O=c1[nH]c2ccccc2cc1CNCCC1CCCO1. The Kier molecular flexibility index (Phi) is 4.14. The zero-order valence-electron chi connectivity index (χ0n) is 11.5. The van der Waals surface area contributed by atoms with Crippen LogP contribution in [0.5, 0.6) is 0 Å². The van der Waals surface area contributed by atoms with Gasteiger partial charge in [0.05, 0.1) is 6.10 Å². The van der Waals surface area contributed by atoms with Gasteiger partial charge in [-0.25, -0.2) is 0 Å². The van der Waals surface area contributed by atoms with Crippen molar-refractivity contribution in [3.63, 3.8) is 0 Å². The molecule has 106 valence electrons. The van der Waals surface area contributed by atoms with Crippen LogP contribution in [0.25, 0.3) is 10.9 Å². The summed E-state index contributed by atoms with van der Waals surface area (Å²) in [5.74, 6) is 0. The molecule has 2 N–H and O–H groups in total. The van der Waals surface area contributed by atoms with E-state index in [0.717, 1.165) is 42.5 Å². The molecular weight excluding hydrogens is 252 g/mol. The number of para-hydroxylation sites is 1. The maximum atomic E-state index is 12.0. The fourth-order valence-electron chi connectivity index (χ4n) is 2.68. The summed E-state index contributed by atoms with van der Waals surface area (Å²) in [7, 11) is 0. The van der Waals surface area contributed by atoms with Gasteiger partial charge in [0.1, 0.15) is 0 Å². The number of H-pyrrole nitrogens is 1. The first-order valence-electron chi connectivity index (χ1n) is 7.26. The van der Waals surface area contributed by atoms with E-state index in [1.165, 1.54) is 6.42 Å². The van der Waals surface area contributed by atoms with E-state index in [1.54, 1.807) is 0 Å². The number of nitrogens with one attached hydrogen (secondary N) is 2. The monoisotopic (exact) mass is 272 g/mol. The summed E-state index contributed by atoms with van der Waals surface area (Å²) >= 11 is 0. The molecule has 4 nitrogen and oxygen atoms in total. The smallest absolute Gasteiger partial charge is 0.252 e. The Balaban J connectivity index is 1.59. The summed E-state index contributed by atoms with van der Waals surface area (Å²) < 4.78 is 5.58. The number of pyridine rings is 1. The van der Waals surface area contributed by atoms with E-state index >= 15 is 0 Å². The highest BCUT2D eigenvalue weighted by Crippen LogP contribution is 2.14. The van der Waals surface area contributed by atoms with Crippen molar-refractivity contribution in [1.82, 2.24) is 10.3 Å². The first-order chi connectivity index (χ1) is 9.83. The molecule has 0 amide bonds. The molecular formula is C16H20N2O2. The zero-order valence-corrected chi connectivity index (χ0v) is 11.5. The van der Waals surface area contributed by atoms with Gasteiger partial charge in [0.25, 0.3) is 5.56 Å². The van der Waals surface area contributed by atoms with Crippen LogP contribution in [0.3, 0.4) is 0 Å². The van der Waals surface area contributed by atoms with Crippen LogP contribution in [0, 0.1) is 0 Å². The van der Waals surface area contributed by atoms with E-state index in [9.17, 15) is 4.79 Å². The summed E-state index contributed by atoms with van der Waals surface area (Å²) in [6.07, 6.45) is 3.76. The van der Waals surface area contributed by atoms with Gasteiger partial charge >= 0.3 is 0 Å². The lowest BCUT2D eigenvalue weighted by Gasteiger charge is -2.10. The number of fused-ring (bicyclic) bond motifs is 1. The van der Waals surface area contributed by atoms with Crippen LogP contribution < -0.4 is 10.9 Å².